The molecule has 0 radical (unpaired) electrons. The number of nitrogens with one attached hydrogen (secondary N) is 1. The largest absolute Gasteiger partial charge is 0.472 e. The molecule has 1 fully saturated rings. The average molecular weight is 179 g/mol. The van der Waals surface area contributed by atoms with Gasteiger partial charge in [-0.25, -0.2) is 0 Å². The van der Waals surface area contributed by atoms with E-state index in [1.54, 1.807) is 18.6 Å². The van der Waals surface area contributed by atoms with Gasteiger partial charge in [-0.05, 0) is 18.1 Å². The predicted octanol–water partition coefficient (Wildman–Crippen LogP) is 0.485. The van der Waals surface area contributed by atoms with Gasteiger partial charge >= 0.3 is 0 Å². The number of carbonyl (C=O) groups is 2. The topological polar surface area (TPSA) is 59.3 Å². The summed E-state index contributed by atoms with van der Waals surface area (Å²) in [6, 6.07) is 1.80. The Labute approximate surface area is 74.9 Å². The lowest BCUT2D eigenvalue weighted by Crippen LogP contribution is -2.22. The molecule has 4 nitrogen and oxygen atoms in total. The highest BCUT2D eigenvalue weighted by atomic mass is 16.3. The minimum Gasteiger partial charge on any atom is -0.472 e. The van der Waals surface area contributed by atoms with Gasteiger partial charge in [0, 0.05) is 6.42 Å². The minimum absolute atomic E-state index is 0.175. The van der Waals surface area contributed by atoms with Gasteiger partial charge in [0.25, 0.3) is 0 Å². The summed E-state index contributed by atoms with van der Waals surface area (Å²) in [7, 11) is 0. The van der Waals surface area contributed by atoms with E-state index in [1.807, 2.05) is 0 Å². The number of amides is 2. The van der Waals surface area contributed by atoms with Crippen molar-refractivity contribution in [2.75, 3.05) is 0 Å². The highest BCUT2D eigenvalue weighted by Crippen LogP contribution is 2.17. The lowest BCUT2D eigenvalue weighted by atomic mass is 10.0. The van der Waals surface area contributed by atoms with Gasteiger partial charge in [-0.2, -0.15) is 0 Å². The molecule has 13 heavy (non-hydrogen) atoms. The first kappa shape index (κ1) is 8.04. The summed E-state index contributed by atoms with van der Waals surface area (Å²) in [6.07, 6.45) is 4.03. The van der Waals surface area contributed by atoms with Gasteiger partial charge in [0.05, 0.1) is 18.4 Å². The highest BCUT2D eigenvalue weighted by molar-refractivity contribution is 6.03. The van der Waals surface area contributed by atoms with Crippen LogP contribution in [0, 0.1) is 5.92 Å². The lowest BCUT2D eigenvalue weighted by Gasteiger charge is -2.01. The molecule has 0 saturated carbocycles. The van der Waals surface area contributed by atoms with Crippen LogP contribution in [-0.4, -0.2) is 11.8 Å². The van der Waals surface area contributed by atoms with Crippen LogP contribution in [-0.2, 0) is 16.0 Å². The first-order valence-electron chi connectivity index (χ1n) is 4.10. The van der Waals surface area contributed by atoms with E-state index in [0.29, 0.717) is 12.8 Å². The summed E-state index contributed by atoms with van der Waals surface area (Å²) in [6.45, 7) is 0. The molecule has 1 aromatic rings. The third kappa shape index (κ3) is 1.61. The summed E-state index contributed by atoms with van der Waals surface area (Å²) >= 11 is 0. The number of hydrogen-bond acceptors (Lipinski definition) is 3. The van der Waals surface area contributed by atoms with E-state index in [-0.39, 0.29) is 17.7 Å². The molecule has 2 amide bonds. The van der Waals surface area contributed by atoms with E-state index in [4.69, 9.17) is 4.42 Å². The smallest absolute Gasteiger partial charge is 0.230 e. The van der Waals surface area contributed by atoms with Crippen molar-refractivity contribution in [2.24, 2.45) is 5.92 Å². The van der Waals surface area contributed by atoms with Crippen LogP contribution < -0.4 is 5.32 Å². The average Bonchev–Trinajstić information content (AvgIpc) is 2.63. The van der Waals surface area contributed by atoms with Crippen molar-refractivity contribution >= 4 is 11.8 Å². The fourth-order valence-corrected chi connectivity index (χ4v) is 1.47. The Kier molecular flexibility index (Phi) is 1.88. The monoisotopic (exact) mass is 179 g/mol. The standard InChI is InChI=1S/C9H9NO3/c11-8-4-7(9(12)10-8)3-6-1-2-13-5-6/h1-2,5,7H,3-4H2,(H,10,11,12). The summed E-state index contributed by atoms with van der Waals surface area (Å²) in [5.41, 5.74) is 0.954. The lowest BCUT2D eigenvalue weighted by molar-refractivity contribution is -0.125. The third-order valence-electron chi connectivity index (χ3n) is 2.13. The Balaban J connectivity index is 2.03. The van der Waals surface area contributed by atoms with Crippen LogP contribution >= 0.6 is 0 Å². The van der Waals surface area contributed by atoms with Crippen LogP contribution in [0.15, 0.2) is 23.0 Å². The Morgan fingerprint density at radius 3 is 2.92 bits per heavy atom. The van der Waals surface area contributed by atoms with Crippen LogP contribution in [0.5, 0.6) is 0 Å². The van der Waals surface area contributed by atoms with Crippen molar-refractivity contribution in [3.05, 3.63) is 24.2 Å². The molecule has 1 N–H and O–H groups in total. The molecule has 2 heterocycles. The molecule has 0 bridgehead atoms. The first-order valence-corrected chi connectivity index (χ1v) is 4.10. The molecule has 1 aromatic heterocycles. The maximum atomic E-state index is 11.1. The fraction of sp³-hybridized carbons (Fsp3) is 0.333. The number of imide groups is 1. The molecule has 1 saturated heterocycles. The van der Waals surface area contributed by atoms with E-state index in [0.717, 1.165) is 5.56 Å². The van der Waals surface area contributed by atoms with Gasteiger partial charge in [0.15, 0.2) is 0 Å². The SMILES string of the molecule is O=C1CC(Cc2ccoc2)C(=O)N1. The summed E-state index contributed by atoms with van der Waals surface area (Å²) in [5, 5.41) is 2.27. The predicted molar refractivity (Wildman–Crippen MR) is 43.7 cm³/mol. The molecule has 68 valence electrons. The van der Waals surface area contributed by atoms with Crippen LogP contribution in [0.1, 0.15) is 12.0 Å². The number of rotatable bonds is 2. The van der Waals surface area contributed by atoms with E-state index in [9.17, 15) is 9.59 Å². The van der Waals surface area contributed by atoms with E-state index < -0.39 is 0 Å². The Hall–Kier alpha value is -1.58. The van der Waals surface area contributed by atoms with Gasteiger partial charge < -0.3 is 4.42 Å². The van der Waals surface area contributed by atoms with E-state index >= 15 is 0 Å². The Morgan fingerprint density at radius 1 is 1.54 bits per heavy atom. The van der Waals surface area contributed by atoms with Gasteiger partial charge in [0.2, 0.25) is 11.8 Å². The molecule has 1 aliphatic heterocycles. The Morgan fingerprint density at radius 2 is 2.38 bits per heavy atom. The molecule has 1 unspecified atom stereocenters. The van der Waals surface area contributed by atoms with Crippen LogP contribution in [0.25, 0.3) is 0 Å². The molecule has 0 aliphatic carbocycles. The van der Waals surface area contributed by atoms with E-state index in [1.165, 1.54) is 0 Å². The molecule has 4 heteroatoms. The summed E-state index contributed by atoms with van der Waals surface area (Å²) in [4.78, 5) is 22.0. The van der Waals surface area contributed by atoms with Crippen LogP contribution in [0.3, 0.4) is 0 Å². The maximum Gasteiger partial charge on any atom is 0.230 e. The molecule has 0 spiro atoms. The zero-order valence-electron chi connectivity index (χ0n) is 6.95. The number of carbonyl (C=O) groups excluding carboxylic acids is 2. The normalized spacial score (nSPS) is 22.0. The molecule has 2 rings (SSSR count). The summed E-state index contributed by atoms with van der Waals surface area (Å²) < 4.78 is 4.87. The summed E-state index contributed by atoms with van der Waals surface area (Å²) in [5.74, 6) is -0.574. The zero-order chi connectivity index (χ0) is 9.26. The fourth-order valence-electron chi connectivity index (χ4n) is 1.47. The van der Waals surface area contributed by atoms with Crippen molar-refractivity contribution in [2.45, 2.75) is 12.8 Å². The van der Waals surface area contributed by atoms with E-state index in [2.05, 4.69) is 5.32 Å². The number of furan rings is 1. The van der Waals surface area contributed by atoms with Crippen molar-refractivity contribution in [1.29, 1.82) is 0 Å². The van der Waals surface area contributed by atoms with Gasteiger partial charge in [-0.3, -0.25) is 14.9 Å². The molecule has 0 aromatic carbocycles. The Bertz CT molecular complexity index is 329. The highest BCUT2D eigenvalue weighted by Gasteiger charge is 2.30. The molecular weight excluding hydrogens is 170 g/mol. The van der Waals surface area contributed by atoms with Crippen molar-refractivity contribution in [1.82, 2.24) is 5.32 Å². The van der Waals surface area contributed by atoms with Crippen molar-refractivity contribution in [3.8, 4) is 0 Å². The third-order valence-corrected chi connectivity index (χ3v) is 2.13. The first-order chi connectivity index (χ1) is 6.25. The van der Waals surface area contributed by atoms with Crippen LogP contribution in [0.2, 0.25) is 0 Å². The minimum atomic E-state index is -0.218. The molecule has 1 aliphatic rings. The van der Waals surface area contributed by atoms with Crippen molar-refractivity contribution in [3.63, 3.8) is 0 Å². The second-order valence-corrected chi connectivity index (χ2v) is 3.15. The van der Waals surface area contributed by atoms with Crippen molar-refractivity contribution < 1.29 is 14.0 Å². The second-order valence-electron chi connectivity index (χ2n) is 3.15. The second kappa shape index (κ2) is 3.05. The quantitative estimate of drug-likeness (QED) is 0.672. The molecule has 1 atom stereocenters. The zero-order valence-corrected chi connectivity index (χ0v) is 6.95. The van der Waals surface area contributed by atoms with Crippen LogP contribution in [0.4, 0.5) is 0 Å². The van der Waals surface area contributed by atoms with Gasteiger partial charge in [-0.15, -0.1) is 0 Å². The van der Waals surface area contributed by atoms with Gasteiger partial charge in [0.1, 0.15) is 0 Å². The molecular formula is C9H9NO3. The maximum absolute atomic E-state index is 11.1. The number of hydrogen-bond donors (Lipinski definition) is 1. The van der Waals surface area contributed by atoms with Gasteiger partial charge in [-0.1, -0.05) is 0 Å².